The number of nitriles is 1. The van der Waals surface area contributed by atoms with Gasteiger partial charge in [0.1, 0.15) is 11.2 Å². The molecular formula is C16H17BrN2O2. The van der Waals surface area contributed by atoms with Crippen LogP contribution in [-0.4, -0.2) is 12.5 Å². The first-order valence-electron chi connectivity index (χ1n) is 7.30. The molecule has 2 aliphatic rings. The lowest BCUT2D eigenvalue weighted by Gasteiger charge is -2.30. The van der Waals surface area contributed by atoms with Crippen molar-refractivity contribution in [3.05, 3.63) is 28.2 Å². The highest BCUT2D eigenvalue weighted by atomic mass is 79.9. The highest BCUT2D eigenvalue weighted by molar-refractivity contribution is 9.10. The van der Waals surface area contributed by atoms with Crippen molar-refractivity contribution in [3.63, 3.8) is 0 Å². The van der Waals surface area contributed by atoms with Gasteiger partial charge in [0.15, 0.2) is 0 Å². The minimum atomic E-state index is -0.829. The van der Waals surface area contributed by atoms with E-state index in [9.17, 15) is 10.1 Å². The number of benzene rings is 1. The molecule has 1 N–H and O–H groups in total. The Hall–Kier alpha value is -1.54. The molecule has 1 aromatic rings. The van der Waals surface area contributed by atoms with Crippen LogP contribution in [0, 0.1) is 16.7 Å². The topological polar surface area (TPSA) is 62.1 Å². The quantitative estimate of drug-likeness (QED) is 0.889. The summed E-state index contributed by atoms with van der Waals surface area (Å²) in [5.74, 6) is 0.673. The number of hydrogen-bond donors (Lipinski definition) is 1. The van der Waals surface area contributed by atoms with E-state index in [0.717, 1.165) is 35.0 Å². The van der Waals surface area contributed by atoms with Gasteiger partial charge in [0.2, 0.25) is 5.91 Å². The molecule has 1 unspecified atom stereocenters. The van der Waals surface area contributed by atoms with Gasteiger partial charge in [-0.2, -0.15) is 5.26 Å². The molecule has 5 heteroatoms. The van der Waals surface area contributed by atoms with Crippen molar-refractivity contribution in [1.29, 1.82) is 5.26 Å². The summed E-state index contributed by atoms with van der Waals surface area (Å²) in [4.78, 5) is 12.6. The number of para-hydroxylation sites is 1. The Morgan fingerprint density at radius 2 is 2.19 bits per heavy atom. The van der Waals surface area contributed by atoms with Crippen LogP contribution in [-0.2, 0) is 4.79 Å². The second-order valence-corrected chi connectivity index (χ2v) is 6.58. The molecule has 3 rings (SSSR count). The molecule has 0 aromatic heterocycles. The average molecular weight is 349 g/mol. The fourth-order valence-corrected chi connectivity index (χ4v) is 3.70. The molecule has 1 saturated carbocycles. The summed E-state index contributed by atoms with van der Waals surface area (Å²) in [6.07, 6.45) is 3.98. The lowest BCUT2D eigenvalue weighted by molar-refractivity contribution is -0.128. The largest absolute Gasteiger partial charge is 0.492 e. The highest BCUT2D eigenvalue weighted by Gasteiger charge is 2.42. The zero-order valence-electron chi connectivity index (χ0n) is 11.7. The van der Waals surface area contributed by atoms with E-state index in [1.54, 1.807) is 0 Å². The Morgan fingerprint density at radius 3 is 2.90 bits per heavy atom. The Kier molecular flexibility index (Phi) is 3.90. The molecule has 0 radical (unpaired) electrons. The maximum Gasteiger partial charge on any atom is 0.240 e. The smallest absolute Gasteiger partial charge is 0.240 e. The van der Waals surface area contributed by atoms with E-state index in [1.807, 2.05) is 18.2 Å². The van der Waals surface area contributed by atoms with Crippen molar-refractivity contribution in [1.82, 2.24) is 5.32 Å². The van der Waals surface area contributed by atoms with Gasteiger partial charge in [0.05, 0.1) is 23.2 Å². The van der Waals surface area contributed by atoms with E-state index in [-0.39, 0.29) is 11.9 Å². The molecule has 1 aliphatic carbocycles. The molecule has 1 aromatic carbocycles. The second kappa shape index (κ2) is 5.69. The fourth-order valence-electron chi connectivity index (χ4n) is 3.20. The number of fused-ring (bicyclic) bond motifs is 1. The van der Waals surface area contributed by atoms with Crippen LogP contribution in [0.2, 0.25) is 0 Å². The predicted octanol–water partition coefficient (Wildman–Crippen LogP) is 3.47. The van der Waals surface area contributed by atoms with Crippen LogP contribution in [0.5, 0.6) is 5.75 Å². The lowest BCUT2D eigenvalue weighted by Crippen LogP contribution is -2.41. The third-order valence-corrected chi connectivity index (χ3v) is 5.06. The summed E-state index contributed by atoms with van der Waals surface area (Å²) in [6, 6.07) is 8.00. The minimum Gasteiger partial charge on any atom is -0.492 e. The fraction of sp³-hybridized carbons (Fsp3) is 0.500. The van der Waals surface area contributed by atoms with Crippen molar-refractivity contribution in [2.45, 2.75) is 38.1 Å². The summed E-state index contributed by atoms with van der Waals surface area (Å²) >= 11 is 3.48. The van der Waals surface area contributed by atoms with E-state index in [2.05, 4.69) is 27.3 Å². The van der Waals surface area contributed by atoms with E-state index in [1.165, 1.54) is 0 Å². The Morgan fingerprint density at radius 1 is 1.43 bits per heavy atom. The molecule has 1 aliphatic heterocycles. The zero-order valence-corrected chi connectivity index (χ0v) is 13.3. The monoisotopic (exact) mass is 348 g/mol. The van der Waals surface area contributed by atoms with Crippen LogP contribution in [0.4, 0.5) is 0 Å². The van der Waals surface area contributed by atoms with Crippen LogP contribution in [0.15, 0.2) is 22.7 Å². The first kappa shape index (κ1) is 14.4. The summed E-state index contributed by atoms with van der Waals surface area (Å²) < 4.78 is 6.58. The number of halogens is 1. The van der Waals surface area contributed by atoms with Crippen LogP contribution < -0.4 is 10.1 Å². The molecule has 0 saturated heterocycles. The first-order chi connectivity index (χ1) is 10.2. The number of nitrogens with one attached hydrogen (secondary N) is 1. The van der Waals surface area contributed by atoms with Gasteiger partial charge in [-0.05, 0) is 34.8 Å². The van der Waals surface area contributed by atoms with Crippen molar-refractivity contribution >= 4 is 21.8 Å². The molecule has 21 heavy (non-hydrogen) atoms. The predicted molar refractivity (Wildman–Crippen MR) is 81.7 cm³/mol. The Bertz CT molecular complexity index is 603. The molecule has 0 spiro atoms. The van der Waals surface area contributed by atoms with Gasteiger partial charge in [0.25, 0.3) is 0 Å². The SMILES string of the molecule is N#CC1(C(=O)NC2CCOc3c(Br)cccc32)CCCC1. The van der Waals surface area contributed by atoms with Crippen molar-refractivity contribution < 1.29 is 9.53 Å². The minimum absolute atomic E-state index is 0.0791. The van der Waals surface area contributed by atoms with Crippen LogP contribution in [0.25, 0.3) is 0 Å². The van der Waals surface area contributed by atoms with E-state index >= 15 is 0 Å². The number of nitrogens with zero attached hydrogens (tertiary/aromatic N) is 1. The van der Waals surface area contributed by atoms with Gasteiger partial charge >= 0.3 is 0 Å². The normalized spacial score (nSPS) is 22.8. The van der Waals surface area contributed by atoms with Crippen molar-refractivity contribution in [2.75, 3.05) is 6.61 Å². The van der Waals surface area contributed by atoms with Crippen LogP contribution in [0.1, 0.15) is 43.7 Å². The van der Waals surface area contributed by atoms with Gasteiger partial charge in [-0.25, -0.2) is 0 Å². The van der Waals surface area contributed by atoms with E-state index in [4.69, 9.17) is 4.74 Å². The van der Waals surface area contributed by atoms with Crippen LogP contribution >= 0.6 is 15.9 Å². The Labute approximate surface area is 132 Å². The summed E-state index contributed by atoms with van der Waals surface area (Å²) in [5, 5.41) is 12.5. The maximum atomic E-state index is 12.6. The number of carbonyl (C=O) groups is 1. The standard InChI is InChI=1S/C16H17BrN2O2/c17-12-5-3-4-11-13(6-9-21-14(11)12)19-15(20)16(10-18)7-1-2-8-16/h3-5,13H,1-2,6-9H2,(H,19,20). The molecule has 1 amide bonds. The van der Waals surface area contributed by atoms with Crippen LogP contribution in [0.3, 0.4) is 0 Å². The van der Waals surface area contributed by atoms with Crippen molar-refractivity contribution in [2.24, 2.45) is 5.41 Å². The highest BCUT2D eigenvalue weighted by Crippen LogP contribution is 2.41. The molecule has 0 bridgehead atoms. The van der Waals surface area contributed by atoms with Crippen molar-refractivity contribution in [3.8, 4) is 11.8 Å². The number of carbonyl (C=O) groups excluding carboxylic acids is 1. The summed E-state index contributed by atoms with van der Waals surface area (Å²) in [7, 11) is 0. The summed E-state index contributed by atoms with van der Waals surface area (Å²) in [5.41, 5.74) is 0.153. The third-order valence-electron chi connectivity index (χ3n) is 4.44. The number of ether oxygens (including phenoxy) is 1. The lowest BCUT2D eigenvalue weighted by atomic mass is 9.86. The van der Waals surface area contributed by atoms with E-state index in [0.29, 0.717) is 19.4 Å². The molecule has 1 fully saturated rings. The third kappa shape index (κ3) is 2.53. The number of rotatable bonds is 2. The second-order valence-electron chi connectivity index (χ2n) is 5.72. The average Bonchev–Trinajstić information content (AvgIpc) is 2.98. The van der Waals surface area contributed by atoms with Gasteiger partial charge in [-0.1, -0.05) is 25.0 Å². The summed E-state index contributed by atoms with van der Waals surface area (Å²) in [6.45, 7) is 0.570. The van der Waals surface area contributed by atoms with Gasteiger partial charge in [0, 0.05) is 12.0 Å². The van der Waals surface area contributed by atoms with Gasteiger partial charge < -0.3 is 10.1 Å². The Balaban J connectivity index is 1.83. The maximum absolute atomic E-state index is 12.6. The number of amides is 1. The van der Waals surface area contributed by atoms with Gasteiger partial charge in [-0.15, -0.1) is 0 Å². The van der Waals surface area contributed by atoms with E-state index < -0.39 is 5.41 Å². The zero-order chi connectivity index (χ0) is 14.9. The molecule has 110 valence electrons. The first-order valence-corrected chi connectivity index (χ1v) is 8.09. The molecule has 4 nitrogen and oxygen atoms in total. The molecule has 1 atom stereocenters. The number of hydrogen-bond acceptors (Lipinski definition) is 3. The molecular weight excluding hydrogens is 332 g/mol. The van der Waals surface area contributed by atoms with Gasteiger partial charge in [-0.3, -0.25) is 4.79 Å². The molecule has 1 heterocycles.